The SMILES string of the molecule is c1ccc(-c2ccc(-c3ccccc3)n2-c2cc(-c3ccc(-c4cccc5ccccc45)cc3)c3cc4cc(-n5c(-c6ccccc6)ccc5-c5ccccc5)cc(-c5ccc(-c6cccc7ccccc67)cc5)c4cc3c2)cc1. The highest BCUT2D eigenvalue weighted by atomic mass is 15.0. The van der Waals surface area contributed by atoms with Crippen LogP contribution < -0.4 is 0 Å². The average molecular weight is 1020 g/mol. The van der Waals surface area contributed by atoms with Crippen molar-refractivity contribution >= 4 is 43.1 Å². The second-order valence-electron chi connectivity index (χ2n) is 20.8. The van der Waals surface area contributed by atoms with Gasteiger partial charge in [-0.2, -0.15) is 0 Å². The summed E-state index contributed by atoms with van der Waals surface area (Å²) in [4.78, 5) is 0. The van der Waals surface area contributed by atoms with Gasteiger partial charge in [0.2, 0.25) is 0 Å². The van der Waals surface area contributed by atoms with Crippen LogP contribution in [0.4, 0.5) is 0 Å². The Kier molecular flexibility index (Phi) is 11.6. The number of rotatable bonds is 10. The molecule has 15 rings (SSSR count). The van der Waals surface area contributed by atoms with Gasteiger partial charge in [-0.1, -0.05) is 255 Å². The predicted octanol–water partition coefficient (Wildman–Crippen LogP) is 21.2. The maximum absolute atomic E-state index is 2.46. The molecule has 0 fully saturated rings. The zero-order valence-corrected chi connectivity index (χ0v) is 43.9. The fraction of sp³-hybridized carbons (Fsp3) is 0. The summed E-state index contributed by atoms with van der Waals surface area (Å²) < 4.78 is 4.92. The zero-order chi connectivity index (χ0) is 52.9. The molecular weight excluding hydrogens is 965 g/mol. The first-order valence-corrected chi connectivity index (χ1v) is 27.6. The van der Waals surface area contributed by atoms with Crippen molar-refractivity contribution in [1.29, 1.82) is 0 Å². The standard InChI is InChI=1S/C78H52N2/c1-5-21-59(22-6-1)75-43-44-76(60-23-7-2-8-24-60)79(75)65-47-63-49-72-64(50-71(63)73(51-65)57-39-35-55(36-40-57)69-33-17-29-53-19-13-15-31-67(53)69)48-66(80-77(61-25-9-3-10-26-61)45-46-78(80)62-27-11-4-12-28-62)52-74(72)58-41-37-56(38-42-58)70-34-18-30-54-20-14-16-32-68(54)70/h1-52H. The van der Waals surface area contributed by atoms with E-state index in [1.165, 1.54) is 54.6 Å². The van der Waals surface area contributed by atoms with Crippen molar-refractivity contribution in [3.05, 3.63) is 315 Å². The Morgan fingerprint density at radius 2 is 0.450 bits per heavy atom. The lowest BCUT2D eigenvalue weighted by atomic mass is 9.90. The van der Waals surface area contributed by atoms with Crippen LogP contribution in [0.25, 0.3) is 144 Å². The van der Waals surface area contributed by atoms with Crippen molar-refractivity contribution in [2.24, 2.45) is 0 Å². The number of fused-ring (bicyclic) bond motifs is 4. The van der Waals surface area contributed by atoms with E-state index in [1.807, 2.05) is 0 Å². The first-order chi connectivity index (χ1) is 39.7. The van der Waals surface area contributed by atoms with Crippen LogP contribution in [0.15, 0.2) is 315 Å². The Morgan fingerprint density at radius 3 is 0.787 bits per heavy atom. The Labute approximate surface area is 466 Å². The lowest BCUT2D eigenvalue weighted by Gasteiger charge is -2.20. The van der Waals surface area contributed by atoms with Gasteiger partial charge in [-0.15, -0.1) is 0 Å². The maximum Gasteiger partial charge on any atom is 0.0535 e. The summed E-state index contributed by atoms with van der Waals surface area (Å²) >= 11 is 0. The molecule has 0 unspecified atom stereocenters. The van der Waals surface area contributed by atoms with E-state index in [-0.39, 0.29) is 0 Å². The zero-order valence-electron chi connectivity index (χ0n) is 43.9. The van der Waals surface area contributed by atoms with Crippen molar-refractivity contribution in [3.63, 3.8) is 0 Å². The molecule has 0 saturated carbocycles. The normalized spacial score (nSPS) is 11.5. The molecule has 80 heavy (non-hydrogen) atoms. The van der Waals surface area contributed by atoms with Gasteiger partial charge in [0.1, 0.15) is 0 Å². The molecule has 2 nitrogen and oxygen atoms in total. The van der Waals surface area contributed by atoms with E-state index in [4.69, 9.17) is 0 Å². The largest absolute Gasteiger partial charge is 0.309 e. The van der Waals surface area contributed by atoms with E-state index >= 15 is 0 Å². The topological polar surface area (TPSA) is 9.86 Å². The minimum absolute atomic E-state index is 1.10. The molecule has 374 valence electrons. The minimum Gasteiger partial charge on any atom is -0.309 e. The maximum atomic E-state index is 2.46. The molecule has 0 aliphatic carbocycles. The number of benzene rings is 13. The molecule has 15 aromatic rings. The number of hydrogen-bond acceptors (Lipinski definition) is 0. The molecule has 2 heterocycles. The van der Waals surface area contributed by atoms with Gasteiger partial charge in [0.15, 0.2) is 0 Å². The van der Waals surface area contributed by atoms with E-state index in [1.54, 1.807) is 0 Å². The van der Waals surface area contributed by atoms with Crippen LogP contribution >= 0.6 is 0 Å². The van der Waals surface area contributed by atoms with Crippen molar-refractivity contribution in [1.82, 2.24) is 9.13 Å². The van der Waals surface area contributed by atoms with Crippen LogP contribution in [-0.2, 0) is 0 Å². The van der Waals surface area contributed by atoms with E-state index in [9.17, 15) is 0 Å². The molecule has 0 bridgehead atoms. The van der Waals surface area contributed by atoms with Gasteiger partial charge in [0.25, 0.3) is 0 Å². The molecule has 2 aromatic heterocycles. The highest BCUT2D eigenvalue weighted by Crippen LogP contribution is 2.44. The molecule has 0 amide bonds. The molecule has 2 heteroatoms. The van der Waals surface area contributed by atoms with E-state index < -0.39 is 0 Å². The van der Waals surface area contributed by atoms with Crippen molar-refractivity contribution in [2.45, 2.75) is 0 Å². The van der Waals surface area contributed by atoms with Crippen LogP contribution in [0.5, 0.6) is 0 Å². The molecule has 13 aromatic carbocycles. The second-order valence-corrected chi connectivity index (χ2v) is 20.8. The summed E-state index contributed by atoms with van der Waals surface area (Å²) in [6, 6.07) is 116. The lowest BCUT2D eigenvalue weighted by molar-refractivity contribution is 1.10. The van der Waals surface area contributed by atoms with Gasteiger partial charge >= 0.3 is 0 Å². The van der Waals surface area contributed by atoms with Gasteiger partial charge in [-0.25, -0.2) is 0 Å². The summed E-state index contributed by atoms with van der Waals surface area (Å²) in [5.41, 5.74) is 20.8. The van der Waals surface area contributed by atoms with Crippen molar-refractivity contribution < 1.29 is 0 Å². The minimum atomic E-state index is 1.10. The number of hydrogen-bond donors (Lipinski definition) is 0. The fourth-order valence-electron chi connectivity index (χ4n) is 12.3. The molecule has 0 N–H and O–H groups in total. The van der Waals surface area contributed by atoms with Gasteiger partial charge in [-0.3, -0.25) is 0 Å². The summed E-state index contributed by atoms with van der Waals surface area (Å²) in [5, 5.41) is 9.66. The molecule has 0 spiro atoms. The molecule has 0 atom stereocenters. The second kappa shape index (κ2) is 19.8. The van der Waals surface area contributed by atoms with Crippen molar-refractivity contribution in [3.8, 4) is 101 Å². The van der Waals surface area contributed by atoms with Gasteiger partial charge in [-0.05, 0) is 171 Å². The lowest BCUT2D eigenvalue weighted by Crippen LogP contribution is -2.01. The summed E-state index contributed by atoms with van der Waals surface area (Å²) in [7, 11) is 0. The first kappa shape index (κ1) is 46.7. The summed E-state index contributed by atoms with van der Waals surface area (Å²) in [6.45, 7) is 0. The number of nitrogens with zero attached hydrogens (tertiary/aromatic N) is 2. The van der Waals surface area contributed by atoms with Gasteiger partial charge in [0.05, 0.1) is 22.8 Å². The monoisotopic (exact) mass is 1020 g/mol. The van der Waals surface area contributed by atoms with E-state index in [2.05, 4.69) is 325 Å². The number of aromatic nitrogens is 2. The van der Waals surface area contributed by atoms with E-state index in [0.717, 1.165) is 89.4 Å². The average Bonchev–Trinajstić information content (AvgIpc) is 4.35. The Bertz CT molecular complexity index is 4330. The van der Waals surface area contributed by atoms with Crippen molar-refractivity contribution in [2.75, 3.05) is 0 Å². The van der Waals surface area contributed by atoms with Gasteiger partial charge in [0, 0.05) is 11.4 Å². The summed E-state index contributed by atoms with van der Waals surface area (Å²) in [6.07, 6.45) is 0. The smallest absolute Gasteiger partial charge is 0.0535 e. The third kappa shape index (κ3) is 8.30. The quantitative estimate of drug-likeness (QED) is 0.121. The van der Waals surface area contributed by atoms with Gasteiger partial charge < -0.3 is 9.13 Å². The Hall–Kier alpha value is -10.5. The third-order valence-corrected chi connectivity index (χ3v) is 16.1. The van der Waals surface area contributed by atoms with Crippen LogP contribution in [0.1, 0.15) is 0 Å². The van der Waals surface area contributed by atoms with Crippen LogP contribution in [0.2, 0.25) is 0 Å². The molecule has 0 saturated heterocycles. The highest BCUT2D eigenvalue weighted by molar-refractivity contribution is 6.11. The molecule has 0 aliphatic heterocycles. The molecule has 0 aliphatic rings. The van der Waals surface area contributed by atoms with Crippen LogP contribution in [-0.4, -0.2) is 9.13 Å². The molecule has 0 radical (unpaired) electrons. The molecular formula is C78H52N2. The summed E-state index contributed by atoms with van der Waals surface area (Å²) in [5.74, 6) is 0. The third-order valence-electron chi connectivity index (χ3n) is 16.1. The van der Waals surface area contributed by atoms with Crippen LogP contribution in [0, 0.1) is 0 Å². The highest BCUT2D eigenvalue weighted by Gasteiger charge is 2.21. The Balaban J connectivity index is 1.00. The van der Waals surface area contributed by atoms with Crippen LogP contribution in [0.3, 0.4) is 0 Å². The fourth-order valence-corrected chi connectivity index (χ4v) is 12.3. The first-order valence-electron chi connectivity index (χ1n) is 27.6. The Morgan fingerprint density at radius 1 is 0.163 bits per heavy atom. The predicted molar refractivity (Wildman–Crippen MR) is 339 cm³/mol. The van der Waals surface area contributed by atoms with E-state index in [0.29, 0.717) is 0 Å².